The summed E-state index contributed by atoms with van der Waals surface area (Å²) in [6.07, 6.45) is 0. The number of hydrogen-bond donors (Lipinski definition) is 1. The van der Waals surface area contributed by atoms with Crippen LogP contribution in [0.3, 0.4) is 0 Å². The smallest absolute Gasteiger partial charge is 0.337 e. The predicted octanol–water partition coefficient (Wildman–Crippen LogP) is 2.08. The maximum atomic E-state index is 11.5. The molecule has 1 aromatic rings. The number of nitrogens with one attached hydrogen (secondary N) is 1. The number of methoxy groups -OCH3 is 1. The maximum Gasteiger partial charge on any atom is 0.337 e. The molecule has 0 amide bonds. The van der Waals surface area contributed by atoms with Gasteiger partial charge >= 0.3 is 5.97 Å². The molecule has 0 aliphatic carbocycles. The molecule has 1 heterocycles. The fourth-order valence-corrected chi connectivity index (χ4v) is 2.61. The van der Waals surface area contributed by atoms with Gasteiger partial charge in [-0.15, -0.1) is 12.4 Å². The number of carbonyl (C=O) groups is 1. The van der Waals surface area contributed by atoms with Crippen LogP contribution in [0.4, 0.5) is 0 Å². The number of hydrogen-bond acceptors (Lipinski definition) is 4. The summed E-state index contributed by atoms with van der Waals surface area (Å²) in [5, 5.41) is 3.42. The van der Waals surface area contributed by atoms with Crippen molar-refractivity contribution in [2.24, 2.45) is 0 Å². The van der Waals surface area contributed by atoms with Crippen LogP contribution < -0.4 is 5.32 Å². The van der Waals surface area contributed by atoms with Crippen molar-refractivity contribution in [2.45, 2.75) is 32.5 Å². The van der Waals surface area contributed by atoms with Gasteiger partial charge in [0.2, 0.25) is 0 Å². The Morgan fingerprint density at radius 2 is 2.00 bits per heavy atom. The van der Waals surface area contributed by atoms with Crippen molar-refractivity contribution in [3.05, 3.63) is 35.4 Å². The van der Waals surface area contributed by atoms with E-state index in [4.69, 9.17) is 4.74 Å². The Kier molecular flexibility index (Phi) is 6.46. The lowest BCUT2D eigenvalue weighted by atomic mass is 10.1. The quantitative estimate of drug-likeness (QED) is 0.868. The third kappa shape index (κ3) is 3.95. The Balaban J connectivity index is 0.00000200. The van der Waals surface area contributed by atoms with Crippen LogP contribution in [0.25, 0.3) is 0 Å². The first-order valence-corrected chi connectivity index (χ1v) is 6.75. The molecule has 0 unspecified atom stereocenters. The molecule has 4 nitrogen and oxygen atoms in total. The predicted molar refractivity (Wildman–Crippen MR) is 82.4 cm³/mol. The van der Waals surface area contributed by atoms with E-state index in [0.717, 1.165) is 25.2 Å². The number of rotatable bonds is 3. The number of piperazine rings is 1. The number of nitrogens with zero attached hydrogens (tertiary/aromatic N) is 1. The largest absolute Gasteiger partial charge is 0.465 e. The van der Waals surface area contributed by atoms with Crippen LogP contribution in [0, 0.1) is 0 Å². The third-order valence-corrected chi connectivity index (χ3v) is 3.73. The molecule has 1 aliphatic heterocycles. The van der Waals surface area contributed by atoms with E-state index in [0.29, 0.717) is 17.6 Å². The van der Waals surface area contributed by atoms with Crippen LogP contribution in [0.1, 0.15) is 29.8 Å². The molecule has 1 saturated heterocycles. The summed E-state index contributed by atoms with van der Waals surface area (Å²) in [7, 11) is 1.41. The van der Waals surface area contributed by atoms with Gasteiger partial charge in [0.15, 0.2) is 0 Å². The fourth-order valence-electron chi connectivity index (χ4n) is 2.61. The molecule has 1 aliphatic rings. The van der Waals surface area contributed by atoms with E-state index in [9.17, 15) is 4.79 Å². The lowest BCUT2D eigenvalue weighted by Gasteiger charge is -2.39. The molecule has 0 bridgehead atoms. The summed E-state index contributed by atoms with van der Waals surface area (Å²) in [4.78, 5) is 14.0. The Hall–Kier alpha value is -1.10. The van der Waals surface area contributed by atoms with Crippen molar-refractivity contribution in [2.75, 3.05) is 20.2 Å². The Morgan fingerprint density at radius 1 is 1.35 bits per heavy atom. The van der Waals surface area contributed by atoms with Gasteiger partial charge in [-0.2, -0.15) is 0 Å². The standard InChI is InChI=1S/C15H22N2O2.ClH/c1-11-8-16-9-12(2)17(11)10-13-5-4-6-14(7-13)15(18)19-3;/h4-7,11-12,16H,8-10H2,1-3H3;1H/t11-,12+;. The molecule has 20 heavy (non-hydrogen) atoms. The molecular weight excluding hydrogens is 276 g/mol. The zero-order chi connectivity index (χ0) is 13.8. The Labute approximate surface area is 126 Å². The van der Waals surface area contributed by atoms with Crippen LogP contribution in [0.15, 0.2) is 24.3 Å². The van der Waals surface area contributed by atoms with Gasteiger partial charge in [0.25, 0.3) is 0 Å². The molecule has 0 aromatic heterocycles. The fraction of sp³-hybridized carbons (Fsp3) is 0.533. The van der Waals surface area contributed by atoms with Gasteiger partial charge < -0.3 is 10.1 Å². The van der Waals surface area contributed by atoms with Gasteiger partial charge in [-0.05, 0) is 31.5 Å². The molecule has 5 heteroatoms. The summed E-state index contributed by atoms with van der Waals surface area (Å²) in [6, 6.07) is 8.70. The SMILES string of the molecule is COC(=O)c1cccc(CN2[C@H](C)CNC[C@@H]2C)c1.Cl. The van der Waals surface area contributed by atoms with E-state index in [1.165, 1.54) is 7.11 Å². The third-order valence-electron chi connectivity index (χ3n) is 3.73. The number of carbonyl (C=O) groups excluding carboxylic acids is 1. The Morgan fingerprint density at radius 3 is 2.60 bits per heavy atom. The summed E-state index contributed by atoms with van der Waals surface area (Å²) in [6.45, 7) is 7.36. The van der Waals surface area contributed by atoms with Gasteiger partial charge in [-0.3, -0.25) is 4.90 Å². The number of ether oxygens (including phenoxy) is 1. The average molecular weight is 299 g/mol. The van der Waals surface area contributed by atoms with E-state index in [1.807, 2.05) is 12.1 Å². The zero-order valence-corrected chi connectivity index (χ0v) is 13.1. The second kappa shape index (κ2) is 7.62. The monoisotopic (exact) mass is 298 g/mol. The lowest BCUT2D eigenvalue weighted by Crippen LogP contribution is -2.54. The number of halogens is 1. The van der Waals surface area contributed by atoms with Crippen molar-refractivity contribution in [1.29, 1.82) is 0 Å². The average Bonchev–Trinajstić information content (AvgIpc) is 2.42. The van der Waals surface area contributed by atoms with Crippen molar-refractivity contribution in [1.82, 2.24) is 10.2 Å². The maximum absolute atomic E-state index is 11.5. The minimum Gasteiger partial charge on any atom is -0.465 e. The minimum absolute atomic E-state index is 0. The molecule has 1 N–H and O–H groups in total. The van der Waals surface area contributed by atoms with Crippen LogP contribution >= 0.6 is 12.4 Å². The molecule has 0 saturated carbocycles. The molecule has 1 aromatic carbocycles. The van der Waals surface area contributed by atoms with Crippen molar-refractivity contribution in [3.63, 3.8) is 0 Å². The van der Waals surface area contributed by atoms with Crippen molar-refractivity contribution < 1.29 is 9.53 Å². The summed E-state index contributed by atoms with van der Waals surface area (Å²) in [5.74, 6) is -0.275. The molecule has 0 spiro atoms. The van der Waals surface area contributed by atoms with Crippen LogP contribution in [0.2, 0.25) is 0 Å². The van der Waals surface area contributed by atoms with E-state index in [-0.39, 0.29) is 18.4 Å². The van der Waals surface area contributed by atoms with Crippen LogP contribution in [0.5, 0.6) is 0 Å². The summed E-state index contributed by atoms with van der Waals surface area (Å²) in [5.41, 5.74) is 1.78. The van der Waals surface area contributed by atoms with Gasteiger partial charge in [0.05, 0.1) is 12.7 Å². The summed E-state index contributed by atoms with van der Waals surface area (Å²) >= 11 is 0. The van der Waals surface area contributed by atoms with Gasteiger partial charge in [-0.25, -0.2) is 4.79 Å². The minimum atomic E-state index is -0.275. The highest BCUT2D eigenvalue weighted by Crippen LogP contribution is 2.16. The van der Waals surface area contributed by atoms with Gasteiger partial charge in [0.1, 0.15) is 0 Å². The van der Waals surface area contributed by atoms with Crippen molar-refractivity contribution >= 4 is 18.4 Å². The molecule has 2 rings (SSSR count). The van der Waals surface area contributed by atoms with Crippen molar-refractivity contribution in [3.8, 4) is 0 Å². The first kappa shape index (κ1) is 17.0. The van der Waals surface area contributed by atoms with Gasteiger partial charge in [-0.1, -0.05) is 12.1 Å². The second-order valence-electron chi connectivity index (χ2n) is 5.22. The molecule has 0 radical (unpaired) electrons. The first-order chi connectivity index (χ1) is 9.11. The normalized spacial score (nSPS) is 22.9. The first-order valence-electron chi connectivity index (χ1n) is 6.75. The zero-order valence-electron chi connectivity index (χ0n) is 12.3. The molecular formula is C15H23ClN2O2. The van der Waals surface area contributed by atoms with E-state index >= 15 is 0 Å². The highest BCUT2D eigenvalue weighted by Gasteiger charge is 2.24. The number of esters is 1. The van der Waals surface area contributed by atoms with E-state index in [2.05, 4.69) is 30.1 Å². The second-order valence-corrected chi connectivity index (χ2v) is 5.22. The molecule has 1 fully saturated rings. The molecule has 112 valence electrons. The topological polar surface area (TPSA) is 41.6 Å². The summed E-state index contributed by atoms with van der Waals surface area (Å²) < 4.78 is 4.76. The highest BCUT2D eigenvalue weighted by molar-refractivity contribution is 5.89. The van der Waals surface area contributed by atoms with E-state index < -0.39 is 0 Å². The highest BCUT2D eigenvalue weighted by atomic mass is 35.5. The van der Waals surface area contributed by atoms with Gasteiger partial charge in [0, 0.05) is 31.7 Å². The van der Waals surface area contributed by atoms with E-state index in [1.54, 1.807) is 6.07 Å². The number of benzene rings is 1. The van der Waals surface area contributed by atoms with Crippen LogP contribution in [-0.2, 0) is 11.3 Å². The molecule has 2 atom stereocenters. The lowest BCUT2D eigenvalue weighted by molar-refractivity contribution is 0.0600. The van der Waals surface area contributed by atoms with Crippen LogP contribution in [-0.4, -0.2) is 43.2 Å². The Bertz CT molecular complexity index is 443.